The Morgan fingerprint density at radius 3 is 2.72 bits per heavy atom. The first-order valence-electron chi connectivity index (χ1n) is 5.94. The van der Waals surface area contributed by atoms with Crippen LogP contribution in [0.3, 0.4) is 0 Å². The minimum Gasteiger partial charge on any atom is -0.398 e. The standard InChI is InChI=1S/C15H18N2O/c1-18-11-12-5-4-7-14(9-12)17-10-13-6-2-3-8-15(13)16/h2-9,17H,10-11,16H2,1H3. The summed E-state index contributed by atoms with van der Waals surface area (Å²) in [5, 5.41) is 3.37. The third-order valence-electron chi connectivity index (χ3n) is 2.78. The van der Waals surface area contributed by atoms with E-state index in [9.17, 15) is 0 Å². The monoisotopic (exact) mass is 242 g/mol. The van der Waals surface area contributed by atoms with Gasteiger partial charge in [0.05, 0.1) is 6.61 Å². The Morgan fingerprint density at radius 2 is 1.94 bits per heavy atom. The van der Waals surface area contributed by atoms with E-state index in [1.54, 1.807) is 7.11 Å². The van der Waals surface area contributed by atoms with Crippen LogP contribution >= 0.6 is 0 Å². The van der Waals surface area contributed by atoms with E-state index in [2.05, 4.69) is 11.4 Å². The first kappa shape index (κ1) is 12.5. The molecule has 0 heterocycles. The Kier molecular flexibility index (Phi) is 4.20. The first-order chi connectivity index (χ1) is 8.79. The quantitative estimate of drug-likeness (QED) is 0.792. The number of hydrogen-bond donors (Lipinski definition) is 2. The summed E-state index contributed by atoms with van der Waals surface area (Å²) in [6, 6.07) is 16.1. The van der Waals surface area contributed by atoms with Crippen molar-refractivity contribution in [3.8, 4) is 0 Å². The fourth-order valence-electron chi connectivity index (χ4n) is 1.83. The van der Waals surface area contributed by atoms with Gasteiger partial charge in [0.2, 0.25) is 0 Å². The Morgan fingerprint density at radius 1 is 1.11 bits per heavy atom. The van der Waals surface area contributed by atoms with E-state index in [4.69, 9.17) is 10.5 Å². The minimum absolute atomic E-state index is 0.628. The second kappa shape index (κ2) is 6.07. The topological polar surface area (TPSA) is 47.3 Å². The highest BCUT2D eigenvalue weighted by atomic mass is 16.5. The molecule has 3 heteroatoms. The van der Waals surface area contributed by atoms with Gasteiger partial charge in [0.15, 0.2) is 0 Å². The molecule has 0 aliphatic rings. The van der Waals surface area contributed by atoms with Crippen molar-refractivity contribution in [3.63, 3.8) is 0 Å². The molecule has 2 rings (SSSR count). The summed E-state index contributed by atoms with van der Waals surface area (Å²) < 4.78 is 5.12. The number of methoxy groups -OCH3 is 1. The molecular weight excluding hydrogens is 224 g/mol. The van der Waals surface area contributed by atoms with E-state index in [0.29, 0.717) is 6.61 Å². The molecule has 18 heavy (non-hydrogen) atoms. The lowest BCUT2D eigenvalue weighted by atomic mass is 10.1. The molecule has 0 aliphatic carbocycles. The summed E-state index contributed by atoms with van der Waals surface area (Å²) >= 11 is 0. The molecule has 0 saturated carbocycles. The zero-order valence-electron chi connectivity index (χ0n) is 10.5. The van der Waals surface area contributed by atoms with Crippen molar-refractivity contribution in [3.05, 3.63) is 59.7 Å². The molecule has 0 aromatic heterocycles. The largest absolute Gasteiger partial charge is 0.398 e. The molecule has 0 amide bonds. The molecule has 2 aromatic carbocycles. The van der Waals surface area contributed by atoms with E-state index < -0.39 is 0 Å². The molecular formula is C15H18N2O. The van der Waals surface area contributed by atoms with Gasteiger partial charge in [-0.15, -0.1) is 0 Å². The van der Waals surface area contributed by atoms with Gasteiger partial charge < -0.3 is 15.8 Å². The number of rotatable bonds is 5. The number of nitrogens with one attached hydrogen (secondary N) is 1. The van der Waals surface area contributed by atoms with E-state index in [-0.39, 0.29) is 0 Å². The normalized spacial score (nSPS) is 10.3. The Bertz CT molecular complexity index is 511. The van der Waals surface area contributed by atoms with Crippen LogP contribution in [0.5, 0.6) is 0 Å². The SMILES string of the molecule is COCc1cccc(NCc2ccccc2N)c1. The van der Waals surface area contributed by atoms with Crippen molar-refractivity contribution in [2.24, 2.45) is 0 Å². The van der Waals surface area contributed by atoms with Crippen LogP contribution in [0.1, 0.15) is 11.1 Å². The average molecular weight is 242 g/mol. The molecule has 0 saturated heterocycles. The van der Waals surface area contributed by atoms with Crippen LogP contribution in [0.25, 0.3) is 0 Å². The summed E-state index contributed by atoms with van der Waals surface area (Å²) in [4.78, 5) is 0. The molecule has 0 radical (unpaired) electrons. The van der Waals surface area contributed by atoms with Crippen LogP contribution in [-0.4, -0.2) is 7.11 Å². The molecule has 0 spiro atoms. The summed E-state index contributed by atoms with van der Waals surface area (Å²) in [7, 11) is 1.70. The third-order valence-corrected chi connectivity index (χ3v) is 2.78. The zero-order chi connectivity index (χ0) is 12.8. The van der Waals surface area contributed by atoms with E-state index >= 15 is 0 Å². The van der Waals surface area contributed by atoms with Crippen molar-refractivity contribution < 1.29 is 4.74 Å². The Hall–Kier alpha value is -2.00. The number of nitrogens with two attached hydrogens (primary N) is 1. The molecule has 3 N–H and O–H groups in total. The van der Waals surface area contributed by atoms with Crippen LogP contribution in [0.4, 0.5) is 11.4 Å². The highest BCUT2D eigenvalue weighted by Crippen LogP contribution is 2.15. The maximum atomic E-state index is 5.90. The van der Waals surface area contributed by atoms with Gasteiger partial charge in [-0.2, -0.15) is 0 Å². The predicted octanol–water partition coefficient (Wildman–Crippen LogP) is 3.03. The van der Waals surface area contributed by atoms with Crippen LogP contribution in [0, 0.1) is 0 Å². The zero-order valence-corrected chi connectivity index (χ0v) is 10.5. The first-order valence-corrected chi connectivity index (χ1v) is 5.94. The van der Waals surface area contributed by atoms with Crippen molar-refractivity contribution in [2.45, 2.75) is 13.2 Å². The maximum absolute atomic E-state index is 5.90. The van der Waals surface area contributed by atoms with Gasteiger partial charge in [0, 0.05) is 25.0 Å². The summed E-state index contributed by atoms with van der Waals surface area (Å²) in [5.41, 5.74) is 10.1. The van der Waals surface area contributed by atoms with Crippen LogP contribution < -0.4 is 11.1 Å². The van der Waals surface area contributed by atoms with Gasteiger partial charge in [-0.3, -0.25) is 0 Å². The predicted molar refractivity (Wildman–Crippen MR) is 75.3 cm³/mol. The number of benzene rings is 2. The van der Waals surface area contributed by atoms with Crippen LogP contribution in [-0.2, 0) is 17.9 Å². The molecule has 0 unspecified atom stereocenters. The number of ether oxygens (including phenoxy) is 1. The Labute approximate surface area is 108 Å². The van der Waals surface area contributed by atoms with Gasteiger partial charge in [0.25, 0.3) is 0 Å². The van der Waals surface area contributed by atoms with Crippen molar-refractivity contribution in [1.82, 2.24) is 0 Å². The fraction of sp³-hybridized carbons (Fsp3) is 0.200. The van der Waals surface area contributed by atoms with E-state index in [0.717, 1.165) is 29.0 Å². The van der Waals surface area contributed by atoms with E-state index in [1.807, 2.05) is 42.5 Å². The fourth-order valence-corrected chi connectivity index (χ4v) is 1.83. The van der Waals surface area contributed by atoms with Crippen molar-refractivity contribution >= 4 is 11.4 Å². The lowest BCUT2D eigenvalue weighted by Crippen LogP contribution is -2.03. The average Bonchev–Trinajstić information content (AvgIpc) is 2.39. The van der Waals surface area contributed by atoms with E-state index in [1.165, 1.54) is 0 Å². The molecule has 2 aromatic rings. The van der Waals surface area contributed by atoms with Gasteiger partial charge in [-0.05, 0) is 29.3 Å². The van der Waals surface area contributed by atoms with Gasteiger partial charge in [0.1, 0.15) is 0 Å². The minimum atomic E-state index is 0.628. The number of anilines is 2. The number of para-hydroxylation sites is 1. The molecule has 0 atom stereocenters. The van der Waals surface area contributed by atoms with Gasteiger partial charge in [-0.1, -0.05) is 30.3 Å². The highest BCUT2D eigenvalue weighted by Gasteiger charge is 1.99. The molecule has 0 aliphatic heterocycles. The second-order valence-electron chi connectivity index (χ2n) is 4.19. The smallest absolute Gasteiger partial charge is 0.0713 e. The van der Waals surface area contributed by atoms with Gasteiger partial charge >= 0.3 is 0 Å². The molecule has 0 bridgehead atoms. The lowest BCUT2D eigenvalue weighted by molar-refractivity contribution is 0.185. The van der Waals surface area contributed by atoms with Crippen molar-refractivity contribution in [2.75, 3.05) is 18.2 Å². The van der Waals surface area contributed by atoms with Gasteiger partial charge in [-0.25, -0.2) is 0 Å². The maximum Gasteiger partial charge on any atom is 0.0713 e. The summed E-state index contributed by atoms with van der Waals surface area (Å²) in [5.74, 6) is 0. The molecule has 0 fully saturated rings. The second-order valence-corrected chi connectivity index (χ2v) is 4.19. The highest BCUT2D eigenvalue weighted by molar-refractivity contribution is 5.51. The van der Waals surface area contributed by atoms with Crippen molar-refractivity contribution in [1.29, 1.82) is 0 Å². The third kappa shape index (κ3) is 3.25. The Balaban J connectivity index is 2.02. The molecule has 94 valence electrons. The lowest BCUT2D eigenvalue weighted by Gasteiger charge is -2.10. The molecule has 3 nitrogen and oxygen atoms in total. The number of nitrogen functional groups attached to an aromatic ring is 1. The van der Waals surface area contributed by atoms with Crippen LogP contribution in [0.15, 0.2) is 48.5 Å². The summed E-state index contributed by atoms with van der Waals surface area (Å²) in [6.45, 7) is 1.35. The summed E-state index contributed by atoms with van der Waals surface area (Å²) in [6.07, 6.45) is 0. The number of hydrogen-bond acceptors (Lipinski definition) is 3. The van der Waals surface area contributed by atoms with Crippen LogP contribution in [0.2, 0.25) is 0 Å².